The number of nitrogens with zero attached hydrogens (tertiary/aromatic N) is 3. The molecule has 0 amide bonds. The van der Waals surface area contributed by atoms with Gasteiger partial charge in [-0.1, -0.05) is 0 Å². The summed E-state index contributed by atoms with van der Waals surface area (Å²) in [5.41, 5.74) is 0.758. The summed E-state index contributed by atoms with van der Waals surface area (Å²) >= 11 is 0. The van der Waals surface area contributed by atoms with Crippen LogP contribution in [0.25, 0.3) is 0 Å². The third kappa shape index (κ3) is 4.51. The maximum atomic E-state index is 13.4. The van der Waals surface area contributed by atoms with Crippen LogP contribution in [0.15, 0.2) is 24.5 Å². The van der Waals surface area contributed by atoms with Crippen LogP contribution in [-0.2, 0) is 24.9 Å². The van der Waals surface area contributed by atoms with Crippen LogP contribution < -0.4 is 10.1 Å². The third-order valence-corrected chi connectivity index (χ3v) is 2.98. The lowest BCUT2D eigenvalue weighted by atomic mass is 10.2. The van der Waals surface area contributed by atoms with Gasteiger partial charge in [0.15, 0.2) is 5.82 Å². The van der Waals surface area contributed by atoms with E-state index in [-0.39, 0.29) is 12.4 Å². The van der Waals surface area contributed by atoms with Gasteiger partial charge in [0.05, 0.1) is 6.61 Å². The Kier molecular flexibility index (Phi) is 5.65. The highest BCUT2D eigenvalue weighted by molar-refractivity contribution is 5.34. The summed E-state index contributed by atoms with van der Waals surface area (Å²) in [6, 6.07) is 4.47. The number of nitrogens with one attached hydrogen (secondary N) is 1. The topological polar surface area (TPSA) is 61.2 Å². The maximum Gasteiger partial charge on any atom is 0.164 e. The van der Waals surface area contributed by atoms with Gasteiger partial charge in [-0.2, -0.15) is 5.10 Å². The van der Waals surface area contributed by atoms with E-state index in [2.05, 4.69) is 15.4 Å². The molecule has 2 aromatic rings. The minimum atomic E-state index is -0.287. The SMILES string of the molecule is COCCNCc1cc(F)ccc1OCc1ncnn1C. The molecule has 21 heavy (non-hydrogen) atoms. The van der Waals surface area contributed by atoms with Crippen LogP contribution in [0.2, 0.25) is 0 Å². The molecule has 0 radical (unpaired) electrons. The Morgan fingerprint density at radius 3 is 2.95 bits per heavy atom. The molecule has 0 aliphatic heterocycles. The summed E-state index contributed by atoms with van der Waals surface area (Å²) in [5.74, 6) is 1.05. The van der Waals surface area contributed by atoms with Crippen molar-refractivity contribution in [1.82, 2.24) is 20.1 Å². The molecule has 0 saturated heterocycles. The molecule has 1 aromatic heterocycles. The minimum absolute atomic E-state index is 0.285. The number of aromatic nitrogens is 3. The minimum Gasteiger partial charge on any atom is -0.485 e. The molecule has 1 N–H and O–H groups in total. The Labute approximate surface area is 122 Å². The third-order valence-electron chi connectivity index (χ3n) is 2.98. The van der Waals surface area contributed by atoms with Crippen LogP contribution in [0.1, 0.15) is 11.4 Å². The number of aryl methyl sites for hydroxylation is 1. The number of benzene rings is 1. The average molecular weight is 294 g/mol. The van der Waals surface area contributed by atoms with Crippen molar-refractivity contribution >= 4 is 0 Å². The molecule has 1 heterocycles. The molecular weight excluding hydrogens is 275 g/mol. The number of methoxy groups -OCH3 is 1. The smallest absolute Gasteiger partial charge is 0.164 e. The Morgan fingerprint density at radius 2 is 2.24 bits per heavy atom. The van der Waals surface area contributed by atoms with Gasteiger partial charge in [-0.25, -0.2) is 9.37 Å². The molecule has 0 atom stereocenters. The molecule has 0 aliphatic carbocycles. The predicted molar refractivity (Wildman–Crippen MR) is 75.3 cm³/mol. The second kappa shape index (κ2) is 7.70. The molecule has 114 valence electrons. The van der Waals surface area contributed by atoms with E-state index in [9.17, 15) is 4.39 Å². The zero-order valence-corrected chi connectivity index (χ0v) is 12.2. The zero-order chi connectivity index (χ0) is 15.1. The van der Waals surface area contributed by atoms with Gasteiger partial charge in [0, 0.05) is 32.8 Å². The van der Waals surface area contributed by atoms with Crippen molar-refractivity contribution in [3.8, 4) is 5.75 Å². The number of rotatable bonds is 8. The first-order chi connectivity index (χ1) is 10.2. The summed E-state index contributed by atoms with van der Waals surface area (Å²) in [6.45, 7) is 2.09. The predicted octanol–water partition coefficient (Wildman–Crippen LogP) is 1.27. The van der Waals surface area contributed by atoms with Crippen LogP contribution in [0.4, 0.5) is 4.39 Å². The molecule has 7 heteroatoms. The van der Waals surface area contributed by atoms with E-state index in [1.807, 2.05) is 0 Å². The second-order valence-electron chi connectivity index (χ2n) is 4.51. The number of hydrogen-bond acceptors (Lipinski definition) is 5. The molecule has 6 nitrogen and oxygen atoms in total. The van der Waals surface area contributed by atoms with Gasteiger partial charge in [0.25, 0.3) is 0 Å². The van der Waals surface area contributed by atoms with E-state index in [4.69, 9.17) is 9.47 Å². The van der Waals surface area contributed by atoms with Crippen LogP contribution in [0.5, 0.6) is 5.75 Å². The lowest BCUT2D eigenvalue weighted by Crippen LogP contribution is -2.19. The van der Waals surface area contributed by atoms with E-state index < -0.39 is 0 Å². The normalized spacial score (nSPS) is 10.8. The van der Waals surface area contributed by atoms with E-state index in [1.165, 1.54) is 18.5 Å². The van der Waals surface area contributed by atoms with Crippen molar-refractivity contribution < 1.29 is 13.9 Å². The molecule has 1 aromatic carbocycles. The van der Waals surface area contributed by atoms with Crippen LogP contribution in [0.3, 0.4) is 0 Å². The van der Waals surface area contributed by atoms with Gasteiger partial charge in [-0.05, 0) is 18.2 Å². The van der Waals surface area contributed by atoms with Gasteiger partial charge in [-0.15, -0.1) is 0 Å². The molecule has 0 bridgehead atoms. The monoisotopic (exact) mass is 294 g/mol. The molecular formula is C14H19FN4O2. The summed E-state index contributed by atoms with van der Waals surface area (Å²) in [6.07, 6.45) is 1.47. The van der Waals surface area contributed by atoms with Crippen molar-refractivity contribution in [2.24, 2.45) is 7.05 Å². The van der Waals surface area contributed by atoms with Gasteiger partial charge in [-0.3, -0.25) is 4.68 Å². The van der Waals surface area contributed by atoms with E-state index in [0.29, 0.717) is 31.3 Å². The highest BCUT2D eigenvalue weighted by Crippen LogP contribution is 2.20. The van der Waals surface area contributed by atoms with E-state index >= 15 is 0 Å². The number of ether oxygens (including phenoxy) is 2. The van der Waals surface area contributed by atoms with E-state index in [0.717, 1.165) is 5.56 Å². The fraction of sp³-hybridized carbons (Fsp3) is 0.429. The van der Waals surface area contributed by atoms with Crippen LogP contribution >= 0.6 is 0 Å². The van der Waals surface area contributed by atoms with Crippen molar-refractivity contribution in [1.29, 1.82) is 0 Å². The summed E-state index contributed by atoms with van der Waals surface area (Å²) in [7, 11) is 3.43. The lowest BCUT2D eigenvalue weighted by molar-refractivity contribution is 0.199. The average Bonchev–Trinajstić information content (AvgIpc) is 2.88. The molecule has 0 fully saturated rings. The van der Waals surface area contributed by atoms with Gasteiger partial charge < -0.3 is 14.8 Å². The second-order valence-corrected chi connectivity index (χ2v) is 4.51. The standard InChI is InChI=1S/C14H19FN4O2/c1-19-14(17-10-18-19)9-21-13-4-3-12(15)7-11(13)8-16-5-6-20-2/h3-4,7,10,16H,5-6,8-9H2,1-2H3. The van der Waals surface area contributed by atoms with E-state index in [1.54, 1.807) is 24.9 Å². The first-order valence-corrected chi connectivity index (χ1v) is 6.64. The molecule has 0 spiro atoms. The fourth-order valence-corrected chi connectivity index (χ4v) is 1.82. The maximum absolute atomic E-state index is 13.4. The lowest BCUT2D eigenvalue weighted by Gasteiger charge is -2.12. The Bertz CT molecular complexity index is 574. The molecule has 0 saturated carbocycles. The van der Waals surface area contributed by atoms with Crippen molar-refractivity contribution in [3.63, 3.8) is 0 Å². The van der Waals surface area contributed by atoms with Gasteiger partial charge in [0.2, 0.25) is 0 Å². The van der Waals surface area contributed by atoms with Crippen molar-refractivity contribution in [2.45, 2.75) is 13.2 Å². The molecule has 0 aliphatic rings. The van der Waals surface area contributed by atoms with Crippen molar-refractivity contribution in [3.05, 3.63) is 41.7 Å². The molecule has 0 unspecified atom stereocenters. The summed E-state index contributed by atoms with van der Waals surface area (Å²) in [4.78, 5) is 4.09. The van der Waals surface area contributed by atoms with Crippen LogP contribution in [-0.4, -0.2) is 35.0 Å². The fourth-order valence-electron chi connectivity index (χ4n) is 1.82. The highest BCUT2D eigenvalue weighted by atomic mass is 19.1. The van der Waals surface area contributed by atoms with Crippen LogP contribution in [0, 0.1) is 5.82 Å². The highest BCUT2D eigenvalue weighted by Gasteiger charge is 2.08. The Morgan fingerprint density at radius 1 is 1.38 bits per heavy atom. The zero-order valence-electron chi connectivity index (χ0n) is 12.2. The largest absolute Gasteiger partial charge is 0.485 e. The van der Waals surface area contributed by atoms with Gasteiger partial charge >= 0.3 is 0 Å². The van der Waals surface area contributed by atoms with Gasteiger partial charge in [0.1, 0.15) is 24.5 Å². The molecule has 2 rings (SSSR count). The Balaban J connectivity index is 1.99. The first kappa shape index (κ1) is 15.4. The number of hydrogen-bond donors (Lipinski definition) is 1. The van der Waals surface area contributed by atoms with Crippen molar-refractivity contribution in [2.75, 3.05) is 20.3 Å². The Hall–Kier alpha value is -1.99. The summed E-state index contributed by atoms with van der Waals surface area (Å²) in [5, 5.41) is 7.14. The summed E-state index contributed by atoms with van der Waals surface area (Å²) < 4.78 is 25.7. The quantitative estimate of drug-likeness (QED) is 0.743. The number of halogens is 1. The first-order valence-electron chi connectivity index (χ1n) is 6.64.